The van der Waals surface area contributed by atoms with Gasteiger partial charge >= 0.3 is 0 Å². The third-order valence-corrected chi connectivity index (χ3v) is 6.17. The maximum Gasteiger partial charge on any atom is 0.145 e. The van der Waals surface area contributed by atoms with Crippen LogP contribution in [0, 0.1) is 13.8 Å². The van der Waals surface area contributed by atoms with Crippen LogP contribution in [-0.2, 0) is 11.4 Å². The van der Waals surface area contributed by atoms with Gasteiger partial charge in [0.05, 0.1) is 5.71 Å². The van der Waals surface area contributed by atoms with Gasteiger partial charge in [0.1, 0.15) is 24.6 Å². The van der Waals surface area contributed by atoms with Gasteiger partial charge in [-0.15, -0.1) is 0 Å². The van der Waals surface area contributed by atoms with Crippen molar-refractivity contribution in [3.05, 3.63) is 100 Å². The van der Waals surface area contributed by atoms with E-state index in [9.17, 15) is 5.11 Å². The Labute approximate surface area is 206 Å². The number of benzene rings is 3. The second kappa shape index (κ2) is 11.5. The van der Waals surface area contributed by atoms with Crippen LogP contribution < -0.4 is 4.74 Å². The number of rotatable bonds is 10. The molecule has 0 bridgehead atoms. The Balaban J connectivity index is 1.40. The zero-order chi connectivity index (χ0) is 23.9. The molecular formula is C28H31ClN2O3. The lowest BCUT2D eigenvalue weighted by Crippen LogP contribution is -2.39. The van der Waals surface area contributed by atoms with Crippen molar-refractivity contribution in [1.82, 2.24) is 4.90 Å². The third-order valence-electron chi connectivity index (χ3n) is 5.94. The summed E-state index contributed by atoms with van der Waals surface area (Å²) in [4.78, 5) is 7.98. The van der Waals surface area contributed by atoms with Gasteiger partial charge in [0.2, 0.25) is 0 Å². The number of oxime groups is 1. The Kier molecular flexibility index (Phi) is 8.22. The number of para-hydroxylation sites is 1. The van der Waals surface area contributed by atoms with E-state index in [-0.39, 0.29) is 12.7 Å². The molecule has 0 amide bonds. The average Bonchev–Trinajstić information content (AvgIpc) is 3.27. The second-order valence-corrected chi connectivity index (χ2v) is 9.28. The highest BCUT2D eigenvalue weighted by atomic mass is 35.5. The Morgan fingerprint density at radius 1 is 1.06 bits per heavy atom. The molecule has 178 valence electrons. The first-order valence-corrected chi connectivity index (χ1v) is 12.0. The van der Waals surface area contributed by atoms with Crippen LogP contribution in [0.2, 0.25) is 5.02 Å². The molecule has 0 radical (unpaired) electrons. The van der Waals surface area contributed by atoms with Crippen molar-refractivity contribution in [1.29, 1.82) is 0 Å². The van der Waals surface area contributed by atoms with Crippen molar-refractivity contribution in [2.75, 3.05) is 19.7 Å². The van der Waals surface area contributed by atoms with Crippen LogP contribution in [0.15, 0.2) is 78.0 Å². The fourth-order valence-corrected chi connectivity index (χ4v) is 4.44. The van der Waals surface area contributed by atoms with Gasteiger partial charge in [0, 0.05) is 36.6 Å². The molecule has 0 fully saturated rings. The zero-order valence-electron chi connectivity index (χ0n) is 19.7. The highest BCUT2D eigenvalue weighted by Crippen LogP contribution is 2.22. The van der Waals surface area contributed by atoms with Crippen LogP contribution in [0.1, 0.15) is 28.7 Å². The number of nitrogens with zero attached hydrogens (tertiary/aromatic N) is 2. The van der Waals surface area contributed by atoms with E-state index < -0.39 is 6.10 Å². The van der Waals surface area contributed by atoms with E-state index in [1.165, 1.54) is 5.56 Å². The van der Waals surface area contributed by atoms with Crippen molar-refractivity contribution in [3.8, 4) is 5.75 Å². The number of halogens is 1. The molecule has 5 nitrogen and oxygen atoms in total. The molecule has 3 aromatic rings. The molecule has 6 heteroatoms. The lowest BCUT2D eigenvalue weighted by atomic mass is 10.00. The van der Waals surface area contributed by atoms with Crippen molar-refractivity contribution in [3.63, 3.8) is 0 Å². The van der Waals surface area contributed by atoms with Gasteiger partial charge in [-0.3, -0.25) is 4.90 Å². The molecule has 4 rings (SSSR count). The molecule has 0 saturated heterocycles. The van der Waals surface area contributed by atoms with Crippen molar-refractivity contribution < 1.29 is 14.7 Å². The summed E-state index contributed by atoms with van der Waals surface area (Å²) in [5, 5.41) is 15.8. The fraction of sp³-hybridized carbons (Fsp3) is 0.321. The molecular weight excluding hydrogens is 448 g/mol. The smallest absolute Gasteiger partial charge is 0.145 e. The summed E-state index contributed by atoms with van der Waals surface area (Å²) < 4.78 is 5.88. The van der Waals surface area contributed by atoms with Gasteiger partial charge in [-0.05, 0) is 48.7 Å². The van der Waals surface area contributed by atoms with Crippen LogP contribution in [0.25, 0.3) is 0 Å². The number of aryl methyl sites for hydroxylation is 2. The molecule has 2 atom stereocenters. The van der Waals surface area contributed by atoms with Crippen LogP contribution in [-0.4, -0.2) is 47.6 Å². The predicted octanol–water partition coefficient (Wildman–Crippen LogP) is 5.39. The molecule has 3 aromatic carbocycles. The molecule has 0 spiro atoms. The van der Waals surface area contributed by atoms with Crippen LogP contribution in [0.4, 0.5) is 0 Å². The summed E-state index contributed by atoms with van der Waals surface area (Å²) in [5.41, 5.74) is 5.40. The minimum Gasteiger partial charge on any atom is -0.491 e. The molecule has 0 aromatic heterocycles. The van der Waals surface area contributed by atoms with E-state index in [0.717, 1.165) is 34.6 Å². The first kappa shape index (κ1) is 24.3. The summed E-state index contributed by atoms with van der Waals surface area (Å²) >= 11 is 6.21. The van der Waals surface area contributed by atoms with E-state index in [1.54, 1.807) is 0 Å². The maximum absolute atomic E-state index is 10.8. The average molecular weight is 479 g/mol. The number of aliphatic hydroxyl groups is 1. The summed E-state index contributed by atoms with van der Waals surface area (Å²) in [7, 11) is 0. The number of aliphatic hydroxyl groups excluding tert-OH is 1. The van der Waals surface area contributed by atoms with Gasteiger partial charge in [-0.2, -0.15) is 0 Å². The fourth-order valence-electron chi connectivity index (χ4n) is 4.22. The minimum absolute atomic E-state index is 0.0849. The molecule has 34 heavy (non-hydrogen) atoms. The molecule has 0 aliphatic carbocycles. The third kappa shape index (κ3) is 6.60. The van der Waals surface area contributed by atoms with E-state index >= 15 is 0 Å². The topological polar surface area (TPSA) is 54.3 Å². The Hall–Kier alpha value is -2.86. The van der Waals surface area contributed by atoms with Crippen LogP contribution >= 0.6 is 11.6 Å². The summed E-state index contributed by atoms with van der Waals surface area (Å²) in [5.74, 6) is 0.790. The first-order chi connectivity index (χ1) is 16.5. The van der Waals surface area contributed by atoms with Gasteiger partial charge in [-0.25, -0.2) is 0 Å². The number of hydrogen-bond donors (Lipinski definition) is 1. The molecule has 0 unspecified atom stereocenters. The molecule has 1 N–H and O–H groups in total. The quantitative estimate of drug-likeness (QED) is 0.424. The second-order valence-electron chi connectivity index (χ2n) is 8.84. The number of hydrogen-bond acceptors (Lipinski definition) is 5. The zero-order valence-corrected chi connectivity index (χ0v) is 20.4. The van der Waals surface area contributed by atoms with Gasteiger partial charge in [0.15, 0.2) is 0 Å². The Bertz CT molecular complexity index is 1130. The normalized spacial score (nSPS) is 16.3. The lowest BCUT2D eigenvalue weighted by Gasteiger charge is -2.27. The first-order valence-electron chi connectivity index (χ1n) is 11.6. The van der Waals surface area contributed by atoms with Crippen LogP contribution in [0.3, 0.4) is 0 Å². The monoisotopic (exact) mass is 478 g/mol. The van der Waals surface area contributed by atoms with Gasteiger partial charge in [-0.1, -0.05) is 71.4 Å². The SMILES string of the molecule is Cc1ccccc1OC[C@@H](O)CN(Cc1cccc(Cl)c1)C[C@H]1CC(c2ccccc2C)=NO1. The van der Waals surface area contributed by atoms with E-state index in [2.05, 4.69) is 29.1 Å². The summed E-state index contributed by atoms with van der Waals surface area (Å²) in [6.07, 6.45) is -0.0117. The Morgan fingerprint density at radius 2 is 1.82 bits per heavy atom. The van der Waals surface area contributed by atoms with Crippen molar-refractivity contribution >= 4 is 17.3 Å². The number of ether oxygens (including phenoxy) is 1. The predicted molar refractivity (Wildman–Crippen MR) is 137 cm³/mol. The van der Waals surface area contributed by atoms with Gasteiger partial charge < -0.3 is 14.7 Å². The lowest BCUT2D eigenvalue weighted by molar-refractivity contribution is 0.0212. The Morgan fingerprint density at radius 3 is 2.59 bits per heavy atom. The standard InChI is InChI=1S/C28H31ClN2O3/c1-20-8-3-5-12-26(20)27-15-25(34-30-27)18-31(16-22-10-7-11-23(29)14-22)17-24(32)19-33-28-13-6-4-9-21(28)2/h3-14,24-25,32H,15-19H2,1-2H3/t24-,25+/m0/s1. The van der Waals surface area contributed by atoms with E-state index in [0.29, 0.717) is 24.7 Å². The largest absolute Gasteiger partial charge is 0.491 e. The summed E-state index contributed by atoms with van der Waals surface area (Å²) in [6.45, 7) is 6.01. The van der Waals surface area contributed by atoms with E-state index in [1.807, 2.05) is 67.6 Å². The van der Waals surface area contributed by atoms with Gasteiger partial charge in [0.25, 0.3) is 0 Å². The maximum atomic E-state index is 10.8. The molecule has 1 aliphatic rings. The van der Waals surface area contributed by atoms with Crippen LogP contribution in [0.5, 0.6) is 5.75 Å². The molecule has 0 saturated carbocycles. The van der Waals surface area contributed by atoms with Crippen molar-refractivity contribution in [2.45, 2.75) is 39.0 Å². The molecule has 1 aliphatic heterocycles. The minimum atomic E-state index is -0.656. The summed E-state index contributed by atoms with van der Waals surface area (Å²) in [6, 6.07) is 23.8. The van der Waals surface area contributed by atoms with Crippen molar-refractivity contribution in [2.24, 2.45) is 5.16 Å². The highest BCUT2D eigenvalue weighted by molar-refractivity contribution is 6.30. The highest BCUT2D eigenvalue weighted by Gasteiger charge is 2.26. The molecule has 1 heterocycles. The van der Waals surface area contributed by atoms with E-state index in [4.69, 9.17) is 21.2 Å².